The smallest absolute Gasteiger partial charge is 0.124 e. The molecule has 2 aliphatic rings. The second-order valence-electron chi connectivity index (χ2n) is 5.62. The maximum atomic E-state index is 5.77. The van der Waals surface area contributed by atoms with E-state index in [0.29, 0.717) is 12.1 Å². The van der Waals surface area contributed by atoms with Crippen LogP contribution in [0.1, 0.15) is 36.1 Å². The van der Waals surface area contributed by atoms with Gasteiger partial charge in [-0.2, -0.15) is 0 Å². The van der Waals surface area contributed by atoms with Crippen molar-refractivity contribution in [2.24, 2.45) is 0 Å². The van der Waals surface area contributed by atoms with Crippen LogP contribution >= 0.6 is 11.8 Å². The number of benzene rings is 2. The van der Waals surface area contributed by atoms with Crippen molar-refractivity contribution in [2.75, 3.05) is 12.4 Å². The molecule has 2 aliphatic heterocycles. The molecule has 2 aromatic carbocycles. The molecule has 0 saturated carbocycles. The van der Waals surface area contributed by atoms with Crippen LogP contribution in [0, 0.1) is 0 Å². The zero-order valence-corrected chi connectivity index (χ0v) is 12.7. The summed E-state index contributed by atoms with van der Waals surface area (Å²) in [6.07, 6.45) is 2.24. The van der Waals surface area contributed by atoms with Gasteiger partial charge in [0.05, 0.1) is 6.61 Å². The topological polar surface area (TPSA) is 21.3 Å². The highest BCUT2D eigenvalue weighted by Crippen LogP contribution is 2.39. The number of thioether (sulfide) groups is 1. The fourth-order valence-electron chi connectivity index (χ4n) is 3.27. The standard InChI is InChI=1S/C18H19NOS/c1-3-7-17-13(5-1)15(9-11-20-17)19-16-10-12-21-18-8-4-2-6-14(16)18/h1-8,15-16,19H,9-12H2. The molecule has 2 atom stereocenters. The lowest BCUT2D eigenvalue weighted by Gasteiger charge is -2.33. The lowest BCUT2D eigenvalue weighted by atomic mass is 9.96. The van der Waals surface area contributed by atoms with Crippen LogP contribution in [-0.4, -0.2) is 12.4 Å². The van der Waals surface area contributed by atoms with Gasteiger partial charge in [-0.3, -0.25) is 0 Å². The molecule has 0 aromatic heterocycles. The summed E-state index contributed by atoms with van der Waals surface area (Å²) >= 11 is 1.98. The maximum absolute atomic E-state index is 5.77. The minimum absolute atomic E-state index is 0.399. The Kier molecular flexibility index (Phi) is 3.62. The van der Waals surface area contributed by atoms with Crippen molar-refractivity contribution in [1.29, 1.82) is 0 Å². The normalized spacial score (nSPS) is 23.8. The van der Waals surface area contributed by atoms with Crippen molar-refractivity contribution in [3.05, 3.63) is 59.7 Å². The van der Waals surface area contributed by atoms with Gasteiger partial charge in [0.15, 0.2) is 0 Å². The van der Waals surface area contributed by atoms with Gasteiger partial charge in [0, 0.05) is 29.0 Å². The largest absolute Gasteiger partial charge is 0.493 e. The average molecular weight is 297 g/mol. The van der Waals surface area contributed by atoms with Gasteiger partial charge >= 0.3 is 0 Å². The minimum atomic E-state index is 0.399. The van der Waals surface area contributed by atoms with E-state index in [1.165, 1.54) is 28.2 Å². The van der Waals surface area contributed by atoms with Gasteiger partial charge in [-0.25, -0.2) is 0 Å². The van der Waals surface area contributed by atoms with Gasteiger partial charge < -0.3 is 10.1 Å². The molecule has 0 spiro atoms. The van der Waals surface area contributed by atoms with Gasteiger partial charge in [-0.15, -0.1) is 11.8 Å². The first kappa shape index (κ1) is 13.2. The molecule has 0 amide bonds. The molecule has 0 radical (unpaired) electrons. The zero-order valence-electron chi connectivity index (χ0n) is 11.9. The molecule has 2 heterocycles. The van der Waals surface area contributed by atoms with Crippen LogP contribution in [0.3, 0.4) is 0 Å². The summed E-state index contributed by atoms with van der Waals surface area (Å²) in [5.74, 6) is 2.24. The lowest BCUT2D eigenvalue weighted by Crippen LogP contribution is -2.32. The first-order chi connectivity index (χ1) is 10.4. The van der Waals surface area contributed by atoms with Crippen molar-refractivity contribution < 1.29 is 4.74 Å². The molecule has 2 aromatic rings. The van der Waals surface area contributed by atoms with E-state index in [4.69, 9.17) is 4.74 Å². The molecule has 4 rings (SSSR count). The SMILES string of the molecule is c1ccc2c(c1)OCCC2NC1CCSc2ccccc21. The van der Waals surface area contributed by atoms with Gasteiger partial charge in [0.25, 0.3) is 0 Å². The molecule has 3 heteroatoms. The van der Waals surface area contributed by atoms with E-state index < -0.39 is 0 Å². The van der Waals surface area contributed by atoms with Gasteiger partial charge in [-0.1, -0.05) is 36.4 Å². The van der Waals surface area contributed by atoms with Crippen LogP contribution in [-0.2, 0) is 0 Å². The number of hydrogen-bond acceptors (Lipinski definition) is 3. The second-order valence-corrected chi connectivity index (χ2v) is 6.76. The summed E-state index contributed by atoms with van der Waals surface area (Å²) in [6, 6.07) is 18.1. The number of nitrogens with one attached hydrogen (secondary N) is 1. The second kappa shape index (κ2) is 5.74. The number of fused-ring (bicyclic) bond motifs is 2. The molecule has 21 heavy (non-hydrogen) atoms. The number of para-hydroxylation sites is 1. The van der Waals surface area contributed by atoms with Crippen LogP contribution in [0.5, 0.6) is 5.75 Å². The van der Waals surface area contributed by atoms with Crippen LogP contribution < -0.4 is 10.1 Å². The average Bonchev–Trinajstić information content (AvgIpc) is 2.56. The summed E-state index contributed by atoms with van der Waals surface area (Å²) in [4.78, 5) is 1.43. The molecule has 2 nitrogen and oxygen atoms in total. The predicted octanol–water partition coefficient (Wildman–Crippen LogP) is 4.34. The number of hydrogen-bond donors (Lipinski definition) is 1. The fourth-order valence-corrected chi connectivity index (χ4v) is 4.40. The molecule has 0 saturated heterocycles. The van der Waals surface area contributed by atoms with Gasteiger partial charge in [0.1, 0.15) is 5.75 Å². The van der Waals surface area contributed by atoms with Crippen molar-refractivity contribution >= 4 is 11.8 Å². The van der Waals surface area contributed by atoms with E-state index in [2.05, 4.69) is 47.8 Å². The van der Waals surface area contributed by atoms with Crippen LogP contribution in [0.4, 0.5) is 0 Å². The Morgan fingerprint density at radius 3 is 2.62 bits per heavy atom. The minimum Gasteiger partial charge on any atom is -0.493 e. The summed E-state index contributed by atoms with van der Waals surface area (Å²) in [5, 5.41) is 3.88. The van der Waals surface area contributed by atoms with Crippen molar-refractivity contribution in [2.45, 2.75) is 29.8 Å². The Morgan fingerprint density at radius 1 is 0.905 bits per heavy atom. The van der Waals surface area contributed by atoms with E-state index in [1.54, 1.807) is 0 Å². The zero-order chi connectivity index (χ0) is 14.1. The molecule has 0 bridgehead atoms. The number of rotatable bonds is 2. The summed E-state index contributed by atoms with van der Waals surface area (Å²) < 4.78 is 5.77. The Labute approximate surface area is 129 Å². The van der Waals surface area contributed by atoms with E-state index in [-0.39, 0.29) is 0 Å². The van der Waals surface area contributed by atoms with E-state index in [0.717, 1.165) is 18.8 Å². The number of ether oxygens (including phenoxy) is 1. The summed E-state index contributed by atoms with van der Waals surface area (Å²) in [6.45, 7) is 0.803. The molecule has 108 valence electrons. The highest BCUT2D eigenvalue weighted by molar-refractivity contribution is 7.99. The predicted molar refractivity (Wildman–Crippen MR) is 87.0 cm³/mol. The first-order valence-electron chi connectivity index (χ1n) is 7.61. The molecule has 0 fully saturated rings. The third kappa shape index (κ3) is 2.56. The Hall–Kier alpha value is -1.45. The fraction of sp³-hybridized carbons (Fsp3) is 0.333. The highest BCUT2D eigenvalue weighted by Gasteiger charge is 2.27. The Morgan fingerprint density at radius 2 is 1.67 bits per heavy atom. The van der Waals surface area contributed by atoms with E-state index in [9.17, 15) is 0 Å². The molecule has 1 N–H and O–H groups in total. The molecule has 0 aliphatic carbocycles. The third-order valence-electron chi connectivity index (χ3n) is 4.32. The summed E-state index contributed by atoms with van der Waals surface area (Å²) in [7, 11) is 0. The van der Waals surface area contributed by atoms with Gasteiger partial charge in [-0.05, 0) is 29.9 Å². The monoisotopic (exact) mass is 297 g/mol. The Bertz CT molecular complexity index is 587. The van der Waals surface area contributed by atoms with Crippen molar-refractivity contribution in [1.82, 2.24) is 5.32 Å². The van der Waals surface area contributed by atoms with E-state index in [1.807, 2.05) is 17.8 Å². The van der Waals surface area contributed by atoms with Crippen molar-refractivity contribution in [3.63, 3.8) is 0 Å². The van der Waals surface area contributed by atoms with Crippen LogP contribution in [0.15, 0.2) is 53.4 Å². The summed E-state index contributed by atoms with van der Waals surface area (Å²) in [5.41, 5.74) is 2.76. The van der Waals surface area contributed by atoms with E-state index >= 15 is 0 Å². The van der Waals surface area contributed by atoms with Crippen LogP contribution in [0.25, 0.3) is 0 Å². The lowest BCUT2D eigenvalue weighted by molar-refractivity contribution is 0.242. The van der Waals surface area contributed by atoms with Crippen molar-refractivity contribution in [3.8, 4) is 5.75 Å². The quantitative estimate of drug-likeness (QED) is 0.891. The van der Waals surface area contributed by atoms with Crippen LogP contribution in [0.2, 0.25) is 0 Å². The third-order valence-corrected chi connectivity index (χ3v) is 5.44. The first-order valence-corrected chi connectivity index (χ1v) is 8.60. The molecule has 2 unspecified atom stereocenters. The Balaban J connectivity index is 1.61. The highest BCUT2D eigenvalue weighted by atomic mass is 32.2. The molecular weight excluding hydrogens is 278 g/mol. The maximum Gasteiger partial charge on any atom is 0.124 e. The molecular formula is C18H19NOS. The van der Waals surface area contributed by atoms with Gasteiger partial charge in [0.2, 0.25) is 0 Å².